The van der Waals surface area contributed by atoms with Crippen LogP contribution in [0.4, 0.5) is 4.39 Å². The van der Waals surface area contributed by atoms with Gasteiger partial charge in [0.2, 0.25) is 0 Å². The lowest BCUT2D eigenvalue weighted by molar-refractivity contribution is 0.478. The van der Waals surface area contributed by atoms with Gasteiger partial charge in [-0.25, -0.2) is 13.9 Å². The fraction of sp³-hybridized carbons (Fsp3) is 0.273. The third-order valence-corrected chi connectivity index (χ3v) is 5.40. The van der Waals surface area contributed by atoms with E-state index >= 15 is 0 Å². The highest BCUT2D eigenvalue weighted by Gasteiger charge is 2.25. The van der Waals surface area contributed by atoms with Crippen molar-refractivity contribution < 1.29 is 4.39 Å². The largest absolute Gasteiger partial charge is 0.221 e. The third kappa shape index (κ3) is 2.85. The average Bonchev–Trinajstić information content (AvgIpc) is 3.05. The third-order valence-electron chi connectivity index (χ3n) is 5.40. The van der Waals surface area contributed by atoms with Gasteiger partial charge in [0.15, 0.2) is 5.65 Å². The van der Waals surface area contributed by atoms with E-state index in [0.717, 1.165) is 34.3 Å². The number of nitrogens with zero attached hydrogens (tertiary/aromatic N) is 3. The molecule has 0 aliphatic heterocycles. The molecule has 0 radical (unpaired) electrons. The molecule has 0 spiro atoms. The Kier molecular flexibility index (Phi) is 4.19. The molecule has 2 heterocycles. The molecular weight excluding hydrogens is 325 g/mol. The number of hydrogen-bond acceptors (Lipinski definition) is 2. The van der Waals surface area contributed by atoms with Crippen LogP contribution in [0.1, 0.15) is 37.0 Å². The smallest absolute Gasteiger partial charge is 0.155 e. The first kappa shape index (κ1) is 16.7. The normalized spacial score (nSPS) is 20.6. The second-order valence-corrected chi connectivity index (χ2v) is 7.19. The van der Waals surface area contributed by atoms with Gasteiger partial charge in [0, 0.05) is 11.8 Å². The van der Waals surface area contributed by atoms with Crippen LogP contribution >= 0.6 is 0 Å². The number of halogens is 1. The Bertz CT molecular complexity index is 1030. The molecule has 1 aliphatic carbocycles. The molecule has 0 saturated heterocycles. The zero-order chi connectivity index (χ0) is 18.3. The minimum atomic E-state index is -0.166. The molecule has 4 heteroatoms. The van der Waals surface area contributed by atoms with Gasteiger partial charge >= 0.3 is 0 Å². The second-order valence-electron chi connectivity index (χ2n) is 7.19. The Morgan fingerprint density at radius 1 is 1.15 bits per heavy atom. The van der Waals surface area contributed by atoms with Crippen molar-refractivity contribution in [3.63, 3.8) is 0 Å². The van der Waals surface area contributed by atoms with Crippen LogP contribution in [0.2, 0.25) is 0 Å². The molecule has 4 rings (SSSR count). The summed E-state index contributed by atoms with van der Waals surface area (Å²) in [6.45, 7) is 6.43. The molecule has 2 aromatic heterocycles. The highest BCUT2D eigenvalue weighted by molar-refractivity contribution is 5.97. The van der Waals surface area contributed by atoms with Gasteiger partial charge in [-0.1, -0.05) is 37.6 Å². The summed E-state index contributed by atoms with van der Waals surface area (Å²) in [5, 5.41) is 4.16. The van der Waals surface area contributed by atoms with Crippen LogP contribution < -0.4 is 0 Å². The van der Waals surface area contributed by atoms with Crippen molar-refractivity contribution >= 4 is 16.8 Å². The Labute approximate surface area is 152 Å². The van der Waals surface area contributed by atoms with Gasteiger partial charge in [-0.15, -0.1) is 0 Å². The predicted octanol–water partition coefficient (Wildman–Crippen LogP) is 5.32. The second kappa shape index (κ2) is 6.52. The Balaban J connectivity index is 2.00. The molecule has 2 unspecified atom stereocenters. The number of aromatic nitrogens is 3. The van der Waals surface area contributed by atoms with E-state index in [1.807, 2.05) is 37.4 Å². The van der Waals surface area contributed by atoms with Crippen molar-refractivity contribution in [3.8, 4) is 0 Å². The molecule has 1 aromatic carbocycles. The number of hydrogen-bond donors (Lipinski definition) is 0. The molecule has 3 aromatic rings. The van der Waals surface area contributed by atoms with Crippen molar-refractivity contribution in [3.05, 3.63) is 77.5 Å². The number of rotatable bonds is 2. The van der Waals surface area contributed by atoms with Crippen molar-refractivity contribution in [2.75, 3.05) is 0 Å². The van der Waals surface area contributed by atoms with Gasteiger partial charge in [-0.3, -0.25) is 0 Å². The van der Waals surface area contributed by atoms with E-state index in [2.05, 4.69) is 36.1 Å². The minimum Gasteiger partial charge on any atom is -0.221 e. The van der Waals surface area contributed by atoms with Crippen molar-refractivity contribution in [2.24, 2.45) is 11.8 Å². The van der Waals surface area contributed by atoms with E-state index in [1.165, 1.54) is 0 Å². The molecule has 0 saturated carbocycles. The summed E-state index contributed by atoms with van der Waals surface area (Å²) in [6, 6.07) is 9.40. The summed E-state index contributed by atoms with van der Waals surface area (Å²) in [4.78, 5) is 4.29. The van der Waals surface area contributed by atoms with Crippen molar-refractivity contribution in [2.45, 2.75) is 27.2 Å². The fourth-order valence-corrected chi connectivity index (χ4v) is 3.69. The van der Waals surface area contributed by atoms with E-state index in [4.69, 9.17) is 0 Å². The van der Waals surface area contributed by atoms with Crippen LogP contribution in [0, 0.1) is 24.6 Å². The summed E-state index contributed by atoms with van der Waals surface area (Å²) >= 11 is 0. The van der Waals surface area contributed by atoms with Gasteiger partial charge in [0.05, 0.1) is 0 Å². The first-order valence-corrected chi connectivity index (χ1v) is 9.01. The Morgan fingerprint density at radius 3 is 2.85 bits per heavy atom. The SMILES string of the molecule is Cc1ccc(F)c(C2=C(c3ccn4ncnc4c3)C=CCC(C)C2C)c1. The maximum atomic E-state index is 14.8. The maximum Gasteiger partial charge on any atom is 0.155 e. The van der Waals surface area contributed by atoms with Crippen LogP contribution in [0.25, 0.3) is 16.8 Å². The molecule has 0 bridgehead atoms. The minimum absolute atomic E-state index is 0.166. The molecule has 132 valence electrons. The maximum absolute atomic E-state index is 14.8. The molecule has 0 fully saturated rings. The monoisotopic (exact) mass is 347 g/mol. The lowest BCUT2D eigenvalue weighted by Crippen LogP contribution is -2.11. The number of allylic oxidation sites excluding steroid dienone is 4. The molecule has 0 N–H and O–H groups in total. The number of pyridine rings is 1. The zero-order valence-corrected chi connectivity index (χ0v) is 15.3. The zero-order valence-electron chi connectivity index (χ0n) is 15.3. The van der Waals surface area contributed by atoms with E-state index < -0.39 is 0 Å². The van der Waals surface area contributed by atoms with Crippen LogP contribution in [-0.2, 0) is 0 Å². The van der Waals surface area contributed by atoms with Crippen LogP contribution in [0.5, 0.6) is 0 Å². The van der Waals surface area contributed by atoms with Gasteiger partial charge in [0.25, 0.3) is 0 Å². The fourth-order valence-electron chi connectivity index (χ4n) is 3.69. The van der Waals surface area contributed by atoms with Crippen molar-refractivity contribution in [1.29, 1.82) is 0 Å². The molecule has 2 atom stereocenters. The predicted molar refractivity (Wildman–Crippen MR) is 103 cm³/mol. The molecule has 0 amide bonds. The quantitative estimate of drug-likeness (QED) is 0.628. The topological polar surface area (TPSA) is 30.2 Å². The summed E-state index contributed by atoms with van der Waals surface area (Å²) in [6.07, 6.45) is 8.77. The van der Waals surface area contributed by atoms with Gasteiger partial charge in [0.1, 0.15) is 12.1 Å². The van der Waals surface area contributed by atoms with E-state index in [0.29, 0.717) is 11.5 Å². The Morgan fingerprint density at radius 2 is 2.00 bits per heavy atom. The summed E-state index contributed by atoms with van der Waals surface area (Å²) in [5.74, 6) is 0.516. The van der Waals surface area contributed by atoms with E-state index in [9.17, 15) is 4.39 Å². The highest BCUT2D eigenvalue weighted by atomic mass is 19.1. The highest BCUT2D eigenvalue weighted by Crippen LogP contribution is 2.41. The van der Waals surface area contributed by atoms with Crippen LogP contribution in [-0.4, -0.2) is 14.6 Å². The van der Waals surface area contributed by atoms with Gasteiger partial charge in [-0.2, -0.15) is 5.10 Å². The molecule has 1 aliphatic rings. The van der Waals surface area contributed by atoms with Crippen LogP contribution in [0.3, 0.4) is 0 Å². The summed E-state index contributed by atoms with van der Waals surface area (Å²) < 4.78 is 16.5. The lowest BCUT2D eigenvalue weighted by atomic mass is 9.80. The van der Waals surface area contributed by atoms with E-state index in [-0.39, 0.29) is 11.7 Å². The summed E-state index contributed by atoms with van der Waals surface area (Å²) in [7, 11) is 0. The Hall–Kier alpha value is -2.75. The number of aryl methyl sites for hydroxylation is 1. The summed E-state index contributed by atoms with van der Waals surface area (Å²) in [5.41, 5.74) is 5.73. The van der Waals surface area contributed by atoms with Crippen molar-refractivity contribution in [1.82, 2.24) is 14.6 Å². The standard InChI is InChI=1S/C22H22FN3/c1-14-7-8-20(23)19(11-14)22-16(3)15(2)5-4-6-18(22)17-9-10-26-21(12-17)24-13-25-26/h4,6-13,15-16H,5H2,1-3H3. The first-order valence-electron chi connectivity index (χ1n) is 9.01. The van der Waals surface area contributed by atoms with Gasteiger partial charge < -0.3 is 0 Å². The van der Waals surface area contributed by atoms with Gasteiger partial charge in [-0.05, 0) is 66.2 Å². The molecule has 3 nitrogen and oxygen atoms in total. The van der Waals surface area contributed by atoms with Crippen LogP contribution in [0.15, 0.2) is 55.0 Å². The average molecular weight is 347 g/mol. The first-order chi connectivity index (χ1) is 12.5. The number of benzene rings is 1. The lowest BCUT2D eigenvalue weighted by Gasteiger charge is -2.24. The molecule has 26 heavy (non-hydrogen) atoms. The molecular formula is C22H22FN3. The number of fused-ring (bicyclic) bond motifs is 1. The van der Waals surface area contributed by atoms with E-state index in [1.54, 1.807) is 16.9 Å².